The van der Waals surface area contributed by atoms with Crippen LogP contribution in [0.2, 0.25) is 0 Å². The Morgan fingerprint density at radius 3 is 2.36 bits per heavy atom. The molecule has 0 spiro atoms. The van der Waals surface area contributed by atoms with Gasteiger partial charge in [0.1, 0.15) is 23.9 Å². The Morgan fingerprint density at radius 2 is 1.70 bits per heavy atom. The Kier molecular flexibility index (Phi) is 9.39. The molecule has 0 aromatic heterocycles. The van der Waals surface area contributed by atoms with Gasteiger partial charge in [-0.1, -0.05) is 32.0 Å². The molecule has 176 valence electrons. The molecule has 1 aliphatic rings. The second-order valence-electron chi connectivity index (χ2n) is 7.84. The van der Waals surface area contributed by atoms with Crippen molar-refractivity contribution in [3.05, 3.63) is 83.5 Å². The molecule has 6 nitrogen and oxygen atoms in total. The van der Waals surface area contributed by atoms with Gasteiger partial charge in [-0.2, -0.15) is 0 Å². The number of methoxy groups -OCH3 is 1. The quantitative estimate of drug-likeness (QED) is 0.463. The summed E-state index contributed by atoms with van der Waals surface area (Å²) in [7, 11) is 1.66. The summed E-state index contributed by atoms with van der Waals surface area (Å²) in [6, 6.07) is 16.7. The zero-order valence-corrected chi connectivity index (χ0v) is 19.8. The lowest BCUT2D eigenvalue weighted by molar-refractivity contribution is 0.0962. The van der Waals surface area contributed by atoms with E-state index >= 15 is 0 Å². The summed E-state index contributed by atoms with van der Waals surface area (Å²) in [6.07, 6.45) is 4.38. The van der Waals surface area contributed by atoms with Crippen molar-refractivity contribution in [1.29, 1.82) is 0 Å². The summed E-state index contributed by atoms with van der Waals surface area (Å²) in [6.45, 7) is 7.83. The van der Waals surface area contributed by atoms with Crippen molar-refractivity contribution in [2.24, 2.45) is 0 Å². The first-order valence-electron chi connectivity index (χ1n) is 11.6. The maximum absolute atomic E-state index is 12.8. The van der Waals surface area contributed by atoms with Gasteiger partial charge >= 0.3 is 0 Å². The van der Waals surface area contributed by atoms with E-state index in [1.807, 2.05) is 36.4 Å². The van der Waals surface area contributed by atoms with E-state index in [4.69, 9.17) is 14.2 Å². The van der Waals surface area contributed by atoms with Gasteiger partial charge in [-0.15, -0.1) is 0 Å². The molecule has 0 bridgehead atoms. The van der Waals surface area contributed by atoms with E-state index in [0.29, 0.717) is 36.5 Å². The van der Waals surface area contributed by atoms with Crippen molar-refractivity contribution >= 4 is 5.91 Å². The lowest BCUT2D eigenvalue weighted by Crippen LogP contribution is -2.28. The summed E-state index contributed by atoms with van der Waals surface area (Å²) in [5.41, 5.74) is 1.39. The fraction of sp³-hybridized carbons (Fsp3) is 0.370. The van der Waals surface area contributed by atoms with Crippen LogP contribution in [0.15, 0.2) is 77.9 Å². The highest BCUT2D eigenvalue weighted by atomic mass is 16.5. The monoisotopic (exact) mass is 450 g/mol. The molecule has 2 aromatic carbocycles. The Hall–Kier alpha value is -3.25. The van der Waals surface area contributed by atoms with Crippen molar-refractivity contribution in [3.63, 3.8) is 0 Å². The van der Waals surface area contributed by atoms with E-state index in [9.17, 15) is 4.79 Å². The van der Waals surface area contributed by atoms with Crippen LogP contribution in [0.25, 0.3) is 0 Å². The van der Waals surface area contributed by atoms with Crippen molar-refractivity contribution in [1.82, 2.24) is 10.2 Å². The molecule has 0 radical (unpaired) electrons. The van der Waals surface area contributed by atoms with Gasteiger partial charge in [-0.05, 0) is 62.3 Å². The molecular weight excluding hydrogens is 416 g/mol. The van der Waals surface area contributed by atoms with Gasteiger partial charge in [0.25, 0.3) is 5.91 Å². The number of likely N-dealkylation sites (N-methyl/N-ethyl adjacent to an activating group) is 1. The zero-order chi connectivity index (χ0) is 23.5. The fourth-order valence-electron chi connectivity index (χ4n) is 3.65. The standard InChI is InChI=1S/C27H34N2O4/c1-4-17-29(5-2)18-19-32-26-20-22(13-16-25(26)31-3)28-27(30)21-11-14-24(15-12-21)33-23-9-7-6-8-10-23/h6-12,14-15,20H,4-5,13,16-19H2,1-3H3,(H,28,30). The number of carbonyl (C=O) groups excluding carboxylic acids is 1. The topological polar surface area (TPSA) is 60.0 Å². The van der Waals surface area contributed by atoms with E-state index in [0.717, 1.165) is 43.3 Å². The Morgan fingerprint density at radius 1 is 0.970 bits per heavy atom. The fourth-order valence-corrected chi connectivity index (χ4v) is 3.65. The minimum absolute atomic E-state index is 0.159. The van der Waals surface area contributed by atoms with E-state index in [2.05, 4.69) is 24.1 Å². The van der Waals surface area contributed by atoms with Crippen LogP contribution in [0.1, 0.15) is 43.5 Å². The summed E-state index contributed by atoms with van der Waals surface area (Å²) in [4.78, 5) is 15.1. The third-order valence-electron chi connectivity index (χ3n) is 5.47. The summed E-state index contributed by atoms with van der Waals surface area (Å²) in [5.74, 6) is 2.79. The number of nitrogens with one attached hydrogen (secondary N) is 1. The Bertz CT molecular complexity index is 952. The van der Waals surface area contributed by atoms with Crippen LogP contribution in [0, 0.1) is 0 Å². The predicted octanol–water partition coefficient (Wildman–Crippen LogP) is 5.49. The van der Waals surface area contributed by atoms with Gasteiger partial charge < -0.3 is 24.4 Å². The van der Waals surface area contributed by atoms with Gasteiger partial charge in [0.15, 0.2) is 5.76 Å². The van der Waals surface area contributed by atoms with Crippen LogP contribution >= 0.6 is 0 Å². The normalized spacial score (nSPS) is 13.5. The lowest BCUT2D eigenvalue weighted by Gasteiger charge is -2.23. The average Bonchev–Trinajstić information content (AvgIpc) is 2.84. The molecule has 1 N–H and O–H groups in total. The summed E-state index contributed by atoms with van der Waals surface area (Å²) < 4.78 is 17.3. The van der Waals surface area contributed by atoms with Gasteiger partial charge in [0, 0.05) is 30.3 Å². The molecule has 3 rings (SSSR count). The van der Waals surface area contributed by atoms with Gasteiger partial charge in [0.2, 0.25) is 0 Å². The van der Waals surface area contributed by atoms with Crippen LogP contribution in [0.3, 0.4) is 0 Å². The summed E-state index contributed by atoms with van der Waals surface area (Å²) in [5, 5.41) is 3.01. The number of para-hydroxylation sites is 1. The predicted molar refractivity (Wildman–Crippen MR) is 130 cm³/mol. The average molecular weight is 451 g/mol. The van der Waals surface area contributed by atoms with E-state index in [1.54, 1.807) is 31.4 Å². The number of allylic oxidation sites excluding steroid dienone is 3. The third kappa shape index (κ3) is 7.39. The minimum atomic E-state index is -0.159. The van der Waals surface area contributed by atoms with E-state index < -0.39 is 0 Å². The molecule has 0 saturated heterocycles. The van der Waals surface area contributed by atoms with E-state index in [-0.39, 0.29) is 5.91 Å². The SMILES string of the molecule is CCCN(CC)CCOC1=C(OC)CCC(NC(=O)c2ccc(Oc3ccccc3)cc2)=C1. The number of benzene rings is 2. The molecule has 1 amide bonds. The van der Waals surface area contributed by atoms with Crippen LogP contribution in [0.4, 0.5) is 0 Å². The number of hydrogen-bond acceptors (Lipinski definition) is 5. The number of amides is 1. The number of hydrogen-bond donors (Lipinski definition) is 1. The van der Waals surface area contributed by atoms with Crippen molar-refractivity contribution in [3.8, 4) is 11.5 Å². The molecule has 0 unspecified atom stereocenters. The molecule has 0 atom stereocenters. The second kappa shape index (κ2) is 12.7. The van der Waals surface area contributed by atoms with Crippen LogP contribution in [-0.4, -0.2) is 44.2 Å². The first-order chi connectivity index (χ1) is 16.1. The second-order valence-corrected chi connectivity index (χ2v) is 7.84. The highest BCUT2D eigenvalue weighted by molar-refractivity contribution is 5.95. The molecule has 0 aliphatic heterocycles. The van der Waals surface area contributed by atoms with Crippen molar-refractivity contribution in [2.75, 3.05) is 33.4 Å². The highest BCUT2D eigenvalue weighted by Gasteiger charge is 2.18. The number of carbonyl (C=O) groups is 1. The first-order valence-corrected chi connectivity index (χ1v) is 11.6. The minimum Gasteiger partial charge on any atom is -0.497 e. The zero-order valence-electron chi connectivity index (χ0n) is 19.8. The van der Waals surface area contributed by atoms with Gasteiger partial charge in [-0.3, -0.25) is 4.79 Å². The molecule has 2 aromatic rings. The van der Waals surface area contributed by atoms with Gasteiger partial charge in [-0.25, -0.2) is 0 Å². The molecule has 1 aliphatic carbocycles. The Labute approximate surface area is 196 Å². The molecule has 6 heteroatoms. The summed E-state index contributed by atoms with van der Waals surface area (Å²) >= 11 is 0. The van der Waals surface area contributed by atoms with Gasteiger partial charge in [0.05, 0.1) is 7.11 Å². The van der Waals surface area contributed by atoms with Crippen molar-refractivity contribution < 1.29 is 19.0 Å². The van der Waals surface area contributed by atoms with Crippen LogP contribution < -0.4 is 10.1 Å². The first kappa shape index (κ1) is 24.4. The number of nitrogens with zero attached hydrogens (tertiary/aromatic N) is 1. The molecule has 0 saturated carbocycles. The van der Waals surface area contributed by atoms with Crippen molar-refractivity contribution in [2.45, 2.75) is 33.1 Å². The molecular formula is C27H34N2O4. The van der Waals surface area contributed by atoms with Crippen LogP contribution in [0.5, 0.6) is 11.5 Å². The largest absolute Gasteiger partial charge is 0.497 e. The molecule has 0 fully saturated rings. The smallest absolute Gasteiger partial charge is 0.255 e. The number of rotatable bonds is 12. The molecule has 0 heterocycles. The van der Waals surface area contributed by atoms with E-state index in [1.165, 1.54) is 0 Å². The maximum atomic E-state index is 12.8. The molecule has 33 heavy (non-hydrogen) atoms. The highest BCUT2D eigenvalue weighted by Crippen LogP contribution is 2.25. The lowest BCUT2D eigenvalue weighted by atomic mass is 10.1. The maximum Gasteiger partial charge on any atom is 0.255 e. The van der Waals surface area contributed by atoms with Crippen LogP contribution in [-0.2, 0) is 9.47 Å². The Balaban J connectivity index is 1.58. The number of ether oxygens (including phenoxy) is 3. The third-order valence-corrected chi connectivity index (χ3v) is 5.47.